The largest absolute Gasteiger partial charge is 0.442 e. The summed E-state index contributed by atoms with van der Waals surface area (Å²) in [5.74, 6) is -0.0624. The molecule has 0 spiro atoms. The first-order valence-electron chi connectivity index (χ1n) is 12.9. The van der Waals surface area contributed by atoms with Crippen molar-refractivity contribution in [3.05, 3.63) is 71.8 Å². The zero-order valence-electron chi connectivity index (χ0n) is 22.2. The third-order valence-electron chi connectivity index (χ3n) is 5.78. The molecule has 202 valence electrons. The Morgan fingerprint density at radius 3 is 2.00 bits per heavy atom. The van der Waals surface area contributed by atoms with E-state index in [9.17, 15) is 19.5 Å². The molecule has 0 unspecified atom stereocenters. The summed E-state index contributed by atoms with van der Waals surface area (Å²) >= 11 is 0. The Hall–Kier alpha value is -3.23. The molecule has 0 saturated carbocycles. The molecule has 0 saturated heterocycles. The summed E-state index contributed by atoms with van der Waals surface area (Å²) in [4.78, 5) is 37.3. The molecule has 0 bridgehead atoms. The van der Waals surface area contributed by atoms with E-state index in [2.05, 4.69) is 16.0 Å². The van der Waals surface area contributed by atoms with Crippen molar-refractivity contribution in [1.82, 2.24) is 16.0 Å². The highest BCUT2D eigenvalue weighted by Crippen LogP contribution is 2.14. The van der Waals surface area contributed by atoms with Crippen LogP contribution in [0.2, 0.25) is 0 Å². The maximum atomic E-state index is 13.2. The summed E-state index contributed by atoms with van der Waals surface area (Å²) in [6, 6.07) is 17.4. The maximum Gasteiger partial charge on any atom is 0.407 e. The second kappa shape index (κ2) is 15.8. The second-order valence-electron chi connectivity index (χ2n) is 10.1. The van der Waals surface area contributed by atoms with Crippen LogP contribution in [0.25, 0.3) is 0 Å². The molecule has 8 nitrogen and oxygen atoms in total. The van der Waals surface area contributed by atoms with Crippen LogP contribution in [0.1, 0.15) is 51.7 Å². The third kappa shape index (κ3) is 11.6. The van der Waals surface area contributed by atoms with Crippen LogP contribution >= 0.6 is 0 Å². The van der Waals surface area contributed by atoms with Crippen molar-refractivity contribution in [1.29, 1.82) is 0 Å². The normalized spacial score (nSPS) is 14.5. The van der Waals surface area contributed by atoms with Gasteiger partial charge in [0.05, 0.1) is 12.1 Å². The van der Waals surface area contributed by atoms with Crippen molar-refractivity contribution in [2.75, 3.05) is 0 Å². The van der Waals surface area contributed by atoms with Gasteiger partial charge in [-0.3, -0.25) is 10.1 Å². The van der Waals surface area contributed by atoms with E-state index in [1.54, 1.807) is 0 Å². The minimum Gasteiger partial charge on any atom is -0.442 e. The van der Waals surface area contributed by atoms with Crippen LogP contribution in [0.3, 0.4) is 0 Å². The van der Waals surface area contributed by atoms with Crippen molar-refractivity contribution in [2.45, 2.75) is 77.9 Å². The number of alkyl carbamates (subject to hydrolysis) is 1. The number of aliphatic hydroxyl groups is 1. The molecule has 0 aliphatic rings. The lowest BCUT2D eigenvalue weighted by Gasteiger charge is -2.29. The first-order chi connectivity index (χ1) is 17.7. The van der Waals surface area contributed by atoms with Crippen LogP contribution in [0, 0.1) is 11.8 Å². The Kier molecular flexibility index (Phi) is 12.8. The summed E-state index contributed by atoms with van der Waals surface area (Å²) in [6.45, 7) is 8.16. The number of aldehydes is 1. The predicted molar refractivity (Wildman–Crippen MR) is 144 cm³/mol. The number of aliphatic hydroxyl groups excluding tert-OH is 1. The van der Waals surface area contributed by atoms with Gasteiger partial charge in [0.1, 0.15) is 18.6 Å². The first kappa shape index (κ1) is 30.0. The summed E-state index contributed by atoms with van der Waals surface area (Å²) in [6.07, 6.45) is -0.935. The summed E-state index contributed by atoms with van der Waals surface area (Å²) in [5, 5.41) is 19.5. The number of nitrogens with one attached hydrogen (secondary N) is 3. The molecule has 0 radical (unpaired) electrons. The lowest BCUT2D eigenvalue weighted by atomic mass is 10.0. The number of carbonyl (C=O) groups excluding carboxylic acids is 3. The monoisotopic (exact) mass is 511 g/mol. The topological polar surface area (TPSA) is 117 Å². The van der Waals surface area contributed by atoms with Crippen LogP contribution in [0.4, 0.5) is 4.79 Å². The highest BCUT2D eigenvalue weighted by atomic mass is 16.6. The molecule has 0 fully saturated rings. The minimum absolute atomic E-state index is 0.121. The maximum absolute atomic E-state index is 13.2. The van der Waals surface area contributed by atoms with E-state index in [0.29, 0.717) is 19.4 Å². The Labute approximate surface area is 220 Å². The fraction of sp³-hybridized carbons (Fsp3) is 0.483. The van der Waals surface area contributed by atoms with Gasteiger partial charge in [-0.25, -0.2) is 4.79 Å². The average molecular weight is 512 g/mol. The molecule has 2 aromatic rings. The Bertz CT molecular complexity index is 953. The van der Waals surface area contributed by atoms with Gasteiger partial charge in [0.25, 0.3) is 0 Å². The second-order valence-corrected chi connectivity index (χ2v) is 10.1. The zero-order chi connectivity index (χ0) is 27.2. The van der Waals surface area contributed by atoms with Gasteiger partial charge in [0.15, 0.2) is 0 Å². The molecule has 37 heavy (non-hydrogen) atoms. The molecular weight excluding hydrogens is 470 g/mol. The summed E-state index contributed by atoms with van der Waals surface area (Å²) in [7, 11) is 0. The number of rotatable bonds is 15. The number of ether oxygens (including phenoxy) is 1. The molecule has 0 aliphatic heterocycles. The van der Waals surface area contributed by atoms with Gasteiger partial charge in [-0.2, -0.15) is 0 Å². The molecule has 0 aliphatic carbocycles. The molecule has 0 aromatic heterocycles. The first-order valence-corrected chi connectivity index (χ1v) is 12.9. The Morgan fingerprint density at radius 2 is 1.46 bits per heavy atom. The number of hydrogen-bond donors (Lipinski definition) is 4. The van der Waals surface area contributed by atoms with Crippen LogP contribution in [0.15, 0.2) is 60.7 Å². The van der Waals surface area contributed by atoms with Crippen molar-refractivity contribution in [2.24, 2.45) is 11.8 Å². The molecule has 8 heteroatoms. The van der Waals surface area contributed by atoms with E-state index in [1.165, 1.54) is 0 Å². The van der Waals surface area contributed by atoms with Gasteiger partial charge in [0.2, 0.25) is 5.91 Å². The van der Waals surface area contributed by atoms with Gasteiger partial charge >= 0.3 is 6.09 Å². The zero-order valence-corrected chi connectivity index (χ0v) is 22.2. The predicted octanol–water partition coefficient (Wildman–Crippen LogP) is 3.58. The minimum atomic E-state index is -1.30. The van der Waals surface area contributed by atoms with Crippen molar-refractivity contribution >= 4 is 18.3 Å². The SMILES string of the molecule is CC(C)C[C@@H](C=O)NC(=O)[C@H](Cc1ccccc1)N[C@@H](O)[C@H](CC(C)C)OC(=O)NCc1ccccc1. The number of benzene rings is 2. The Balaban J connectivity index is 2.11. The third-order valence-corrected chi connectivity index (χ3v) is 5.78. The highest BCUT2D eigenvalue weighted by molar-refractivity contribution is 5.84. The Morgan fingerprint density at radius 1 is 0.892 bits per heavy atom. The van der Waals surface area contributed by atoms with E-state index < -0.39 is 36.4 Å². The molecular formula is C29H41N3O5. The van der Waals surface area contributed by atoms with Crippen molar-refractivity contribution < 1.29 is 24.2 Å². The molecule has 4 atom stereocenters. The van der Waals surface area contributed by atoms with E-state index in [-0.39, 0.29) is 18.3 Å². The highest BCUT2D eigenvalue weighted by Gasteiger charge is 2.30. The summed E-state index contributed by atoms with van der Waals surface area (Å²) in [5.41, 5.74) is 1.81. The average Bonchev–Trinajstić information content (AvgIpc) is 2.86. The van der Waals surface area contributed by atoms with Crippen LogP contribution in [-0.4, -0.2) is 47.8 Å². The van der Waals surface area contributed by atoms with Crippen molar-refractivity contribution in [3.63, 3.8) is 0 Å². The van der Waals surface area contributed by atoms with Crippen LogP contribution < -0.4 is 16.0 Å². The number of carbonyl (C=O) groups is 3. The van der Waals surface area contributed by atoms with E-state index in [0.717, 1.165) is 17.4 Å². The number of amides is 2. The van der Waals surface area contributed by atoms with E-state index in [4.69, 9.17) is 4.74 Å². The van der Waals surface area contributed by atoms with Crippen LogP contribution in [0.5, 0.6) is 0 Å². The van der Waals surface area contributed by atoms with Gasteiger partial charge in [-0.15, -0.1) is 0 Å². The quantitative estimate of drug-likeness (QED) is 0.215. The molecule has 0 heterocycles. The molecule has 2 amide bonds. The van der Waals surface area contributed by atoms with Gasteiger partial charge in [0, 0.05) is 6.54 Å². The molecule has 2 aromatic carbocycles. The fourth-order valence-corrected chi connectivity index (χ4v) is 3.99. The van der Waals surface area contributed by atoms with Crippen LogP contribution in [-0.2, 0) is 27.3 Å². The van der Waals surface area contributed by atoms with Gasteiger partial charge in [-0.1, -0.05) is 88.4 Å². The summed E-state index contributed by atoms with van der Waals surface area (Å²) < 4.78 is 5.58. The smallest absolute Gasteiger partial charge is 0.407 e. The van der Waals surface area contributed by atoms with Gasteiger partial charge < -0.3 is 25.3 Å². The standard InChI is InChI=1S/C29H41N3O5/c1-20(2)15-24(19-33)31-27(34)25(17-22-11-7-5-8-12-22)32-28(35)26(16-21(3)4)37-29(36)30-18-23-13-9-6-10-14-23/h5-14,19-21,24-26,28,32,35H,15-18H2,1-4H3,(H,30,36)(H,31,34)/t24-,25-,26-,28-/m0/s1. The molecule has 2 rings (SSSR count). The van der Waals surface area contributed by atoms with Crippen molar-refractivity contribution in [3.8, 4) is 0 Å². The van der Waals surface area contributed by atoms with E-state index >= 15 is 0 Å². The number of hydrogen-bond acceptors (Lipinski definition) is 6. The fourth-order valence-electron chi connectivity index (χ4n) is 3.99. The lowest BCUT2D eigenvalue weighted by molar-refractivity contribution is -0.127. The lowest BCUT2D eigenvalue weighted by Crippen LogP contribution is -2.56. The van der Waals surface area contributed by atoms with E-state index in [1.807, 2.05) is 88.4 Å². The molecule has 4 N–H and O–H groups in total. The van der Waals surface area contributed by atoms with Gasteiger partial charge in [-0.05, 0) is 42.2 Å².